The average molecular weight is 475 g/mol. The van der Waals surface area contributed by atoms with Gasteiger partial charge in [-0.15, -0.1) is 0 Å². The minimum absolute atomic E-state index is 0.0253. The number of rotatable bonds is 9. The number of carbonyl (C=O) groups excluding carboxylic acids is 2. The van der Waals surface area contributed by atoms with Crippen LogP contribution in [0.5, 0.6) is 5.75 Å². The highest BCUT2D eigenvalue weighted by atomic mass is 32.2. The number of sulfonamides is 1. The molecule has 2 aromatic rings. The lowest BCUT2D eigenvalue weighted by Gasteiger charge is -2.26. The molecule has 1 aliphatic rings. The molecule has 2 aromatic carbocycles. The minimum Gasteiger partial charge on any atom is -0.495 e. The van der Waals surface area contributed by atoms with Gasteiger partial charge in [0.15, 0.2) is 6.61 Å². The fraction of sp³-hybridized carbons (Fsp3) is 0.417. The summed E-state index contributed by atoms with van der Waals surface area (Å²) in [4.78, 5) is 24.9. The van der Waals surface area contributed by atoms with Gasteiger partial charge in [0.2, 0.25) is 10.0 Å². The van der Waals surface area contributed by atoms with Crippen LogP contribution in [0.4, 0.5) is 0 Å². The lowest BCUT2D eigenvalue weighted by Crippen LogP contribution is -2.34. The molecule has 1 aliphatic carbocycles. The van der Waals surface area contributed by atoms with Gasteiger partial charge in [0, 0.05) is 13.1 Å². The number of carbonyl (C=O) groups is 2. The molecule has 0 heterocycles. The summed E-state index contributed by atoms with van der Waals surface area (Å²) in [7, 11) is -2.49. The highest BCUT2D eigenvalue weighted by molar-refractivity contribution is 7.89. The topological polar surface area (TPSA) is 102 Å². The molecule has 0 spiro atoms. The van der Waals surface area contributed by atoms with Crippen LogP contribution in [0.25, 0.3) is 0 Å². The van der Waals surface area contributed by atoms with Crippen molar-refractivity contribution in [2.24, 2.45) is 0 Å². The Morgan fingerprint density at radius 1 is 1.12 bits per heavy atom. The van der Waals surface area contributed by atoms with Crippen LogP contribution in [0.15, 0.2) is 47.4 Å². The Bertz CT molecular complexity index is 1110. The van der Waals surface area contributed by atoms with E-state index in [9.17, 15) is 18.0 Å². The molecule has 9 heteroatoms. The predicted octanol–water partition coefficient (Wildman–Crippen LogP) is 3.08. The largest absolute Gasteiger partial charge is 0.495 e. The first-order chi connectivity index (χ1) is 15.8. The van der Waals surface area contributed by atoms with Gasteiger partial charge in [-0.2, -0.15) is 4.31 Å². The molecule has 0 bridgehead atoms. The van der Waals surface area contributed by atoms with Gasteiger partial charge < -0.3 is 14.8 Å². The number of nitrogens with one attached hydrogen (secondary N) is 1. The molecule has 178 valence electrons. The van der Waals surface area contributed by atoms with Crippen LogP contribution in [0.3, 0.4) is 0 Å². The Balaban J connectivity index is 1.69. The minimum atomic E-state index is -3.86. The van der Waals surface area contributed by atoms with E-state index in [0.717, 1.165) is 24.8 Å². The maximum Gasteiger partial charge on any atom is 0.338 e. The molecule has 0 saturated heterocycles. The summed E-state index contributed by atoms with van der Waals surface area (Å²) in [6.07, 6.45) is 2.77. The van der Waals surface area contributed by atoms with Gasteiger partial charge in [0.05, 0.1) is 18.7 Å². The zero-order valence-electron chi connectivity index (χ0n) is 19.2. The summed E-state index contributed by atoms with van der Waals surface area (Å²) in [5.41, 5.74) is 2.33. The van der Waals surface area contributed by atoms with Crippen molar-refractivity contribution in [1.82, 2.24) is 9.62 Å². The number of hydrogen-bond donors (Lipinski definition) is 1. The summed E-state index contributed by atoms with van der Waals surface area (Å²) >= 11 is 0. The number of hydrogen-bond acceptors (Lipinski definition) is 6. The first-order valence-electron chi connectivity index (χ1n) is 11.0. The normalized spacial score (nSPS) is 15.6. The average Bonchev–Trinajstić information content (AvgIpc) is 2.83. The molecule has 0 saturated carbocycles. The fourth-order valence-electron chi connectivity index (χ4n) is 4.06. The van der Waals surface area contributed by atoms with E-state index in [-0.39, 0.29) is 35.3 Å². The Hall–Kier alpha value is -2.91. The second-order valence-corrected chi connectivity index (χ2v) is 9.65. The highest BCUT2D eigenvalue weighted by Gasteiger charge is 2.27. The lowest BCUT2D eigenvalue weighted by atomic mass is 9.88. The van der Waals surface area contributed by atoms with Gasteiger partial charge in [-0.05, 0) is 48.6 Å². The molecule has 0 radical (unpaired) electrons. The van der Waals surface area contributed by atoms with E-state index in [1.54, 1.807) is 13.8 Å². The molecule has 0 fully saturated rings. The van der Waals surface area contributed by atoms with Crippen molar-refractivity contribution in [2.75, 3.05) is 26.8 Å². The molecule has 0 aromatic heterocycles. The van der Waals surface area contributed by atoms with E-state index in [1.807, 2.05) is 18.2 Å². The molecule has 33 heavy (non-hydrogen) atoms. The number of aryl methyl sites for hydroxylation is 1. The maximum atomic E-state index is 13.0. The first kappa shape index (κ1) is 24.7. The van der Waals surface area contributed by atoms with Crippen LogP contribution in [0.2, 0.25) is 0 Å². The van der Waals surface area contributed by atoms with Crippen molar-refractivity contribution >= 4 is 21.9 Å². The van der Waals surface area contributed by atoms with E-state index in [1.165, 1.54) is 35.2 Å². The van der Waals surface area contributed by atoms with Crippen LogP contribution < -0.4 is 10.1 Å². The van der Waals surface area contributed by atoms with Gasteiger partial charge in [0.1, 0.15) is 10.6 Å². The molecule has 1 N–H and O–H groups in total. The Labute approximate surface area is 194 Å². The number of ether oxygens (including phenoxy) is 2. The van der Waals surface area contributed by atoms with Gasteiger partial charge >= 0.3 is 5.97 Å². The molecule has 1 atom stereocenters. The van der Waals surface area contributed by atoms with Crippen molar-refractivity contribution in [3.05, 3.63) is 59.2 Å². The third kappa shape index (κ3) is 5.54. The standard InChI is InChI=1S/C24H30N2O6S/c1-4-26(5-2)33(29,30)22-15-18(13-14-21(22)31-3)24(28)32-16-23(27)25-20-12-8-10-17-9-6-7-11-19(17)20/h6-7,9,11,13-15,20H,4-5,8,10,12,16H2,1-3H3,(H,25,27). The summed E-state index contributed by atoms with van der Waals surface area (Å²) in [5.74, 6) is -1.06. The summed E-state index contributed by atoms with van der Waals surface area (Å²) < 4.78 is 37.6. The van der Waals surface area contributed by atoms with E-state index in [0.29, 0.717) is 0 Å². The fourth-order valence-corrected chi connectivity index (χ4v) is 5.70. The number of esters is 1. The lowest BCUT2D eigenvalue weighted by molar-refractivity contribution is -0.125. The number of fused-ring (bicyclic) bond motifs is 1. The number of benzene rings is 2. The number of amides is 1. The maximum absolute atomic E-state index is 13.0. The van der Waals surface area contributed by atoms with Crippen molar-refractivity contribution in [3.63, 3.8) is 0 Å². The first-order valence-corrected chi connectivity index (χ1v) is 12.5. The van der Waals surface area contributed by atoms with Crippen molar-refractivity contribution < 1.29 is 27.5 Å². The Morgan fingerprint density at radius 3 is 2.55 bits per heavy atom. The van der Waals surface area contributed by atoms with E-state index in [2.05, 4.69) is 11.4 Å². The quantitative estimate of drug-likeness (QED) is 0.561. The second-order valence-electron chi connectivity index (χ2n) is 7.74. The van der Waals surface area contributed by atoms with Crippen molar-refractivity contribution in [3.8, 4) is 5.75 Å². The van der Waals surface area contributed by atoms with Crippen molar-refractivity contribution in [1.29, 1.82) is 0 Å². The third-order valence-electron chi connectivity index (χ3n) is 5.76. The Kier molecular flexibility index (Phi) is 8.10. The number of nitrogens with zero attached hydrogens (tertiary/aromatic N) is 1. The summed E-state index contributed by atoms with van der Waals surface area (Å²) in [6, 6.07) is 11.9. The van der Waals surface area contributed by atoms with Gasteiger partial charge in [-0.3, -0.25) is 4.79 Å². The highest BCUT2D eigenvalue weighted by Crippen LogP contribution is 2.30. The Morgan fingerprint density at radius 2 is 1.85 bits per heavy atom. The molecular formula is C24H30N2O6S. The summed E-state index contributed by atoms with van der Waals surface area (Å²) in [6.45, 7) is 3.56. The van der Waals surface area contributed by atoms with Gasteiger partial charge in [-0.25, -0.2) is 13.2 Å². The second kappa shape index (κ2) is 10.8. The molecule has 3 rings (SSSR count). The van der Waals surface area contributed by atoms with Gasteiger partial charge in [0.25, 0.3) is 5.91 Å². The molecule has 8 nitrogen and oxygen atoms in total. The van der Waals surface area contributed by atoms with E-state index >= 15 is 0 Å². The SMILES string of the molecule is CCN(CC)S(=O)(=O)c1cc(C(=O)OCC(=O)NC2CCCc3ccccc32)ccc1OC. The van der Waals surface area contributed by atoms with Crippen LogP contribution in [0, 0.1) is 0 Å². The zero-order chi connectivity index (χ0) is 24.0. The van der Waals surface area contributed by atoms with Gasteiger partial charge in [-0.1, -0.05) is 38.1 Å². The summed E-state index contributed by atoms with van der Waals surface area (Å²) in [5, 5.41) is 2.93. The smallest absolute Gasteiger partial charge is 0.338 e. The monoisotopic (exact) mass is 474 g/mol. The molecule has 1 unspecified atom stereocenters. The zero-order valence-corrected chi connectivity index (χ0v) is 20.0. The molecule has 0 aliphatic heterocycles. The van der Waals surface area contributed by atoms with Crippen LogP contribution in [-0.2, 0) is 26.0 Å². The van der Waals surface area contributed by atoms with Crippen LogP contribution >= 0.6 is 0 Å². The van der Waals surface area contributed by atoms with Crippen LogP contribution in [-0.4, -0.2) is 51.4 Å². The molecule has 1 amide bonds. The predicted molar refractivity (Wildman–Crippen MR) is 124 cm³/mol. The number of methoxy groups -OCH3 is 1. The van der Waals surface area contributed by atoms with E-state index in [4.69, 9.17) is 9.47 Å². The van der Waals surface area contributed by atoms with E-state index < -0.39 is 28.5 Å². The third-order valence-corrected chi connectivity index (χ3v) is 7.83. The molecular weight excluding hydrogens is 444 g/mol. The van der Waals surface area contributed by atoms with Crippen molar-refractivity contribution in [2.45, 2.75) is 44.0 Å². The van der Waals surface area contributed by atoms with Crippen LogP contribution in [0.1, 0.15) is 54.2 Å².